The number of amides is 1. The average Bonchev–Trinajstić information content (AvgIpc) is 2.82. The van der Waals surface area contributed by atoms with Gasteiger partial charge in [-0.2, -0.15) is 0 Å². The van der Waals surface area contributed by atoms with Crippen LogP contribution in [0.2, 0.25) is 0 Å². The molecule has 0 aliphatic heterocycles. The number of fused-ring (bicyclic) bond motifs is 1. The van der Waals surface area contributed by atoms with Crippen molar-refractivity contribution in [3.05, 3.63) is 102 Å². The summed E-state index contributed by atoms with van der Waals surface area (Å²) < 4.78 is 4.91. The lowest BCUT2D eigenvalue weighted by Crippen LogP contribution is -2.35. The van der Waals surface area contributed by atoms with Crippen LogP contribution in [-0.2, 0) is 9.53 Å². The van der Waals surface area contributed by atoms with Gasteiger partial charge < -0.3 is 10.1 Å². The van der Waals surface area contributed by atoms with E-state index in [1.165, 1.54) is 7.11 Å². The molecule has 4 rings (SSSR count). The van der Waals surface area contributed by atoms with Gasteiger partial charge in [0.15, 0.2) is 6.04 Å². The van der Waals surface area contributed by atoms with Gasteiger partial charge in [0.05, 0.1) is 12.8 Å². The summed E-state index contributed by atoms with van der Waals surface area (Å²) in [4.78, 5) is 30.3. The largest absolute Gasteiger partial charge is 0.467 e. The van der Waals surface area contributed by atoms with Crippen LogP contribution >= 0.6 is 0 Å². The highest BCUT2D eigenvalue weighted by Crippen LogP contribution is 2.25. The third-order valence-corrected chi connectivity index (χ3v) is 4.87. The third-order valence-electron chi connectivity index (χ3n) is 4.87. The molecule has 3 aromatic carbocycles. The van der Waals surface area contributed by atoms with Crippen molar-refractivity contribution in [1.29, 1.82) is 0 Å². The van der Waals surface area contributed by atoms with Crippen molar-refractivity contribution in [3.63, 3.8) is 0 Å². The van der Waals surface area contributed by atoms with Gasteiger partial charge in [0, 0.05) is 10.9 Å². The molecule has 1 aromatic heterocycles. The van der Waals surface area contributed by atoms with E-state index in [4.69, 9.17) is 4.74 Å². The second-order valence-electron chi connectivity index (χ2n) is 6.78. The van der Waals surface area contributed by atoms with Crippen LogP contribution in [0.1, 0.15) is 22.1 Å². The minimum atomic E-state index is -0.926. The highest BCUT2D eigenvalue weighted by Gasteiger charge is 2.25. The smallest absolute Gasteiger partial charge is 0.333 e. The second-order valence-corrected chi connectivity index (χ2v) is 6.78. The van der Waals surface area contributed by atoms with E-state index in [9.17, 15) is 9.59 Å². The number of aromatic nitrogens is 1. The second kappa shape index (κ2) is 8.57. The number of nitrogens with one attached hydrogen (secondary N) is 1. The molecular weight excluding hydrogens is 376 g/mol. The number of methoxy groups -OCH3 is 1. The maximum Gasteiger partial charge on any atom is 0.333 e. The fourth-order valence-electron chi connectivity index (χ4n) is 3.37. The van der Waals surface area contributed by atoms with E-state index in [1.807, 2.05) is 66.7 Å². The summed E-state index contributed by atoms with van der Waals surface area (Å²) in [5.74, 6) is -0.985. The number of esters is 1. The summed E-state index contributed by atoms with van der Waals surface area (Å²) in [7, 11) is 1.30. The van der Waals surface area contributed by atoms with Gasteiger partial charge in [0.2, 0.25) is 0 Å². The summed E-state index contributed by atoms with van der Waals surface area (Å²) in [5.41, 5.74) is 2.50. The van der Waals surface area contributed by atoms with Crippen molar-refractivity contribution < 1.29 is 14.3 Å². The van der Waals surface area contributed by atoms with Gasteiger partial charge in [0.25, 0.3) is 5.91 Å². The molecule has 1 unspecified atom stereocenters. The van der Waals surface area contributed by atoms with Crippen molar-refractivity contribution in [1.82, 2.24) is 10.3 Å². The van der Waals surface area contributed by atoms with Crippen molar-refractivity contribution in [3.8, 4) is 11.3 Å². The van der Waals surface area contributed by atoms with Crippen LogP contribution in [0, 0.1) is 0 Å². The van der Waals surface area contributed by atoms with Crippen molar-refractivity contribution in [2.24, 2.45) is 0 Å². The van der Waals surface area contributed by atoms with E-state index in [1.54, 1.807) is 24.3 Å². The Hall–Kier alpha value is -3.99. The van der Waals surface area contributed by atoms with Gasteiger partial charge in [-0.3, -0.25) is 4.79 Å². The highest BCUT2D eigenvalue weighted by atomic mass is 16.5. The number of hydrogen-bond donors (Lipinski definition) is 1. The number of pyridine rings is 1. The van der Waals surface area contributed by atoms with Crippen LogP contribution < -0.4 is 5.32 Å². The molecule has 0 radical (unpaired) electrons. The lowest BCUT2D eigenvalue weighted by Gasteiger charge is -2.17. The number of carbonyl (C=O) groups excluding carboxylic acids is 2. The SMILES string of the molecule is COC(=O)C(NC(=O)c1nc(-c2ccccc2)cc2ccccc12)c1ccccc1. The Morgan fingerprint density at radius 1 is 0.867 bits per heavy atom. The Bertz CT molecular complexity index is 1190. The van der Waals surface area contributed by atoms with E-state index in [-0.39, 0.29) is 5.69 Å². The first-order valence-corrected chi connectivity index (χ1v) is 9.56. The van der Waals surface area contributed by atoms with Crippen LogP contribution in [0.4, 0.5) is 0 Å². The lowest BCUT2D eigenvalue weighted by atomic mass is 10.0. The molecule has 1 heterocycles. The Balaban J connectivity index is 1.77. The summed E-state index contributed by atoms with van der Waals surface area (Å²) in [6.07, 6.45) is 0. The predicted molar refractivity (Wildman–Crippen MR) is 116 cm³/mol. The molecular formula is C25H20N2O3. The molecule has 148 valence electrons. The Morgan fingerprint density at radius 2 is 1.50 bits per heavy atom. The zero-order chi connectivity index (χ0) is 20.9. The molecule has 0 aliphatic carbocycles. The van der Waals surface area contributed by atoms with Crippen molar-refractivity contribution in [2.75, 3.05) is 7.11 Å². The molecule has 5 nitrogen and oxygen atoms in total. The first-order valence-electron chi connectivity index (χ1n) is 9.56. The molecule has 0 saturated carbocycles. The molecule has 0 spiro atoms. The van der Waals surface area contributed by atoms with E-state index in [0.29, 0.717) is 16.6 Å². The topological polar surface area (TPSA) is 68.3 Å². The van der Waals surface area contributed by atoms with E-state index in [2.05, 4.69) is 10.3 Å². The highest BCUT2D eigenvalue weighted by molar-refractivity contribution is 6.07. The maximum atomic E-state index is 13.3. The number of nitrogens with zero attached hydrogens (tertiary/aromatic N) is 1. The number of carbonyl (C=O) groups is 2. The van der Waals surface area contributed by atoms with Crippen LogP contribution in [0.5, 0.6) is 0 Å². The number of benzene rings is 3. The third kappa shape index (κ3) is 3.91. The van der Waals surface area contributed by atoms with Crippen LogP contribution in [0.15, 0.2) is 91.0 Å². The quantitative estimate of drug-likeness (QED) is 0.503. The molecule has 1 atom stereocenters. The zero-order valence-corrected chi connectivity index (χ0v) is 16.4. The maximum absolute atomic E-state index is 13.3. The summed E-state index contributed by atoms with van der Waals surface area (Å²) in [5, 5.41) is 4.40. The minimum absolute atomic E-state index is 0.261. The van der Waals surface area contributed by atoms with Crippen molar-refractivity contribution in [2.45, 2.75) is 6.04 Å². The molecule has 0 fully saturated rings. The Kier molecular flexibility index (Phi) is 5.52. The summed E-state index contributed by atoms with van der Waals surface area (Å²) in [6.45, 7) is 0. The Morgan fingerprint density at radius 3 is 2.20 bits per heavy atom. The first-order chi connectivity index (χ1) is 14.7. The minimum Gasteiger partial charge on any atom is -0.467 e. The van der Waals surface area contributed by atoms with Gasteiger partial charge in [-0.1, -0.05) is 84.9 Å². The molecule has 30 heavy (non-hydrogen) atoms. The van der Waals surface area contributed by atoms with Crippen LogP contribution in [0.25, 0.3) is 22.0 Å². The van der Waals surface area contributed by atoms with Crippen molar-refractivity contribution >= 4 is 22.6 Å². The number of hydrogen-bond acceptors (Lipinski definition) is 4. The molecule has 0 bridgehead atoms. The molecule has 5 heteroatoms. The molecule has 0 aliphatic rings. The molecule has 1 N–H and O–H groups in total. The first kappa shape index (κ1) is 19.3. The van der Waals surface area contributed by atoms with E-state index >= 15 is 0 Å². The molecule has 4 aromatic rings. The van der Waals surface area contributed by atoms with Gasteiger partial charge >= 0.3 is 5.97 Å². The van der Waals surface area contributed by atoms with Crippen LogP contribution in [0.3, 0.4) is 0 Å². The average molecular weight is 396 g/mol. The molecule has 0 saturated heterocycles. The van der Waals surface area contributed by atoms with Gasteiger partial charge in [-0.05, 0) is 17.0 Å². The normalized spacial score (nSPS) is 11.6. The van der Waals surface area contributed by atoms with E-state index in [0.717, 1.165) is 10.9 Å². The fourth-order valence-corrected chi connectivity index (χ4v) is 3.37. The Labute approximate surface area is 174 Å². The van der Waals surface area contributed by atoms with Gasteiger partial charge in [0.1, 0.15) is 5.69 Å². The van der Waals surface area contributed by atoms with Crippen LogP contribution in [-0.4, -0.2) is 24.0 Å². The predicted octanol–water partition coefficient (Wildman–Crippen LogP) is 4.55. The standard InChI is InChI=1S/C25H20N2O3/c1-30-25(29)22(18-12-6-3-7-13-18)27-24(28)23-20-15-9-8-14-19(20)16-21(26-23)17-10-4-2-5-11-17/h2-16,22H,1H3,(H,27,28). The molecule has 1 amide bonds. The zero-order valence-electron chi connectivity index (χ0n) is 16.4. The van der Waals surface area contributed by atoms with Gasteiger partial charge in [-0.15, -0.1) is 0 Å². The van der Waals surface area contributed by atoms with Gasteiger partial charge in [-0.25, -0.2) is 9.78 Å². The lowest BCUT2D eigenvalue weighted by molar-refractivity contribution is -0.143. The van der Waals surface area contributed by atoms with E-state index < -0.39 is 17.9 Å². The summed E-state index contributed by atoms with van der Waals surface area (Å²) in [6, 6.07) is 27.3. The summed E-state index contributed by atoms with van der Waals surface area (Å²) >= 11 is 0. The number of ether oxygens (including phenoxy) is 1. The monoisotopic (exact) mass is 396 g/mol. The fraction of sp³-hybridized carbons (Fsp3) is 0.0800. The number of rotatable bonds is 5.